The lowest BCUT2D eigenvalue weighted by atomic mass is 9.84. The van der Waals surface area contributed by atoms with Gasteiger partial charge in [0, 0.05) is 12.0 Å². The molecule has 0 aliphatic rings. The number of carbonyl (C=O) groups excluding carboxylic acids is 1. The maximum Gasteiger partial charge on any atom is 0.148 e. The second kappa shape index (κ2) is 7.14. The Morgan fingerprint density at radius 2 is 1.75 bits per heavy atom. The van der Waals surface area contributed by atoms with E-state index in [4.69, 9.17) is 4.42 Å². The molecule has 1 aromatic heterocycles. The minimum Gasteiger partial charge on any atom is -0.472 e. The van der Waals surface area contributed by atoms with Gasteiger partial charge in [-0.1, -0.05) is 60.7 Å². The van der Waals surface area contributed by atoms with Crippen molar-refractivity contribution in [3.63, 3.8) is 0 Å². The van der Waals surface area contributed by atoms with Crippen molar-refractivity contribution in [1.82, 2.24) is 0 Å². The van der Waals surface area contributed by atoms with Gasteiger partial charge in [-0.25, -0.2) is 0 Å². The smallest absolute Gasteiger partial charge is 0.148 e. The summed E-state index contributed by atoms with van der Waals surface area (Å²) in [4.78, 5) is 12.9. The van der Waals surface area contributed by atoms with E-state index in [2.05, 4.69) is 12.6 Å². The second-order valence-electron chi connectivity index (χ2n) is 6.08. The molecule has 1 unspecified atom stereocenters. The number of hydrogen-bond donors (Lipinski definition) is 0. The third-order valence-corrected chi connectivity index (χ3v) is 4.01. The van der Waals surface area contributed by atoms with Crippen LogP contribution < -0.4 is 0 Å². The lowest BCUT2D eigenvalue weighted by Gasteiger charge is -2.18. The number of Topliss-reactive ketones (excluding diaryl/α,β-unsaturated/α-hetero) is 1. The Bertz CT molecular complexity index is 829. The van der Waals surface area contributed by atoms with E-state index in [0.717, 1.165) is 27.8 Å². The summed E-state index contributed by atoms with van der Waals surface area (Å²) < 4.78 is 5.18. The van der Waals surface area contributed by atoms with Crippen molar-refractivity contribution in [2.45, 2.75) is 19.3 Å². The van der Waals surface area contributed by atoms with E-state index in [-0.39, 0.29) is 11.7 Å². The summed E-state index contributed by atoms with van der Waals surface area (Å²) in [5.74, 6) is -0.118. The molecule has 0 saturated carbocycles. The molecule has 0 aliphatic heterocycles. The van der Waals surface area contributed by atoms with Crippen LogP contribution in [0.2, 0.25) is 0 Å². The van der Waals surface area contributed by atoms with Gasteiger partial charge in [-0.05, 0) is 35.7 Å². The van der Waals surface area contributed by atoms with Crippen molar-refractivity contribution < 1.29 is 9.21 Å². The van der Waals surface area contributed by atoms with Crippen molar-refractivity contribution >= 4 is 5.78 Å². The van der Waals surface area contributed by atoms with Crippen LogP contribution in [0.3, 0.4) is 0 Å². The molecule has 0 fully saturated rings. The fraction of sp³-hybridized carbons (Fsp3) is 0.136. The predicted molar refractivity (Wildman–Crippen MR) is 96.9 cm³/mol. The van der Waals surface area contributed by atoms with Gasteiger partial charge in [0.1, 0.15) is 5.78 Å². The summed E-state index contributed by atoms with van der Waals surface area (Å²) in [6.45, 7) is 5.78. The first-order valence-electron chi connectivity index (χ1n) is 7.99. The molecule has 120 valence electrons. The normalized spacial score (nSPS) is 11.9. The fourth-order valence-electron chi connectivity index (χ4n) is 2.94. The van der Waals surface area contributed by atoms with Gasteiger partial charge < -0.3 is 4.42 Å². The summed E-state index contributed by atoms with van der Waals surface area (Å²) in [5.41, 5.74) is 4.94. The van der Waals surface area contributed by atoms with Gasteiger partial charge in [0.05, 0.1) is 18.4 Å². The van der Waals surface area contributed by atoms with Crippen molar-refractivity contribution in [2.24, 2.45) is 0 Å². The molecular weight excluding hydrogens is 296 g/mol. The van der Waals surface area contributed by atoms with Gasteiger partial charge >= 0.3 is 0 Å². The predicted octanol–water partition coefficient (Wildman–Crippen LogP) is 5.61. The van der Waals surface area contributed by atoms with E-state index in [1.807, 2.05) is 61.5 Å². The third kappa shape index (κ3) is 3.54. The van der Waals surface area contributed by atoms with E-state index in [9.17, 15) is 4.79 Å². The van der Waals surface area contributed by atoms with Crippen LogP contribution in [0.4, 0.5) is 0 Å². The van der Waals surface area contributed by atoms with E-state index < -0.39 is 0 Å². The van der Waals surface area contributed by atoms with Crippen LogP contribution in [0, 0.1) is 0 Å². The van der Waals surface area contributed by atoms with Gasteiger partial charge in [-0.3, -0.25) is 4.79 Å². The first-order chi connectivity index (χ1) is 11.6. The van der Waals surface area contributed by atoms with Crippen molar-refractivity contribution in [3.8, 4) is 11.1 Å². The zero-order valence-corrected chi connectivity index (χ0v) is 13.7. The SMILES string of the molecule is C=C(C)CC(=O)C(c1ccccc1)c1cccc(-c2ccoc2)c1. The van der Waals surface area contributed by atoms with Crippen LogP contribution in [0.1, 0.15) is 30.4 Å². The molecule has 0 bridgehead atoms. The first kappa shape index (κ1) is 16.0. The Balaban J connectivity index is 2.04. The molecule has 0 spiro atoms. The van der Waals surface area contributed by atoms with Crippen molar-refractivity contribution in [2.75, 3.05) is 0 Å². The van der Waals surface area contributed by atoms with Crippen LogP contribution in [-0.4, -0.2) is 5.78 Å². The van der Waals surface area contributed by atoms with Crippen molar-refractivity contribution in [3.05, 3.63) is 96.5 Å². The fourth-order valence-corrected chi connectivity index (χ4v) is 2.94. The number of rotatable bonds is 6. The molecule has 2 heteroatoms. The molecule has 0 radical (unpaired) electrons. The van der Waals surface area contributed by atoms with E-state index >= 15 is 0 Å². The number of carbonyl (C=O) groups is 1. The monoisotopic (exact) mass is 316 g/mol. The Hall–Kier alpha value is -2.87. The maximum atomic E-state index is 12.9. The second-order valence-corrected chi connectivity index (χ2v) is 6.08. The van der Waals surface area contributed by atoms with Crippen LogP contribution in [-0.2, 0) is 4.79 Å². The highest BCUT2D eigenvalue weighted by atomic mass is 16.3. The summed E-state index contributed by atoms with van der Waals surface area (Å²) >= 11 is 0. The number of hydrogen-bond acceptors (Lipinski definition) is 2. The largest absolute Gasteiger partial charge is 0.472 e. The molecule has 3 aromatic rings. The zero-order valence-electron chi connectivity index (χ0n) is 13.7. The Morgan fingerprint density at radius 3 is 2.42 bits per heavy atom. The molecule has 1 atom stereocenters. The summed E-state index contributed by atoms with van der Waals surface area (Å²) in [6, 6.07) is 19.9. The molecular formula is C22H20O2. The molecule has 2 nitrogen and oxygen atoms in total. The molecule has 0 amide bonds. The standard InChI is InChI=1S/C22H20O2/c1-16(2)13-21(23)22(17-7-4-3-5-8-17)19-10-6-9-18(14-19)20-11-12-24-15-20/h3-12,14-15,22H,1,13H2,2H3. The lowest BCUT2D eigenvalue weighted by Crippen LogP contribution is -2.14. The molecule has 0 saturated heterocycles. The number of furan rings is 1. The van der Waals surface area contributed by atoms with E-state index in [0.29, 0.717) is 6.42 Å². The number of allylic oxidation sites excluding steroid dienone is 1. The van der Waals surface area contributed by atoms with Crippen LogP contribution in [0.15, 0.2) is 89.8 Å². The maximum absolute atomic E-state index is 12.9. The molecule has 0 aliphatic carbocycles. The van der Waals surface area contributed by atoms with Crippen LogP contribution >= 0.6 is 0 Å². The summed E-state index contributed by atoms with van der Waals surface area (Å²) in [5, 5.41) is 0. The summed E-state index contributed by atoms with van der Waals surface area (Å²) in [6.07, 6.45) is 3.75. The van der Waals surface area contributed by atoms with Gasteiger partial charge in [0.15, 0.2) is 0 Å². The Morgan fingerprint density at radius 1 is 1.00 bits per heavy atom. The average Bonchev–Trinajstić information content (AvgIpc) is 3.10. The molecule has 2 aromatic carbocycles. The molecule has 3 rings (SSSR count). The van der Waals surface area contributed by atoms with E-state index in [1.54, 1.807) is 12.5 Å². The molecule has 0 N–H and O–H groups in total. The number of benzene rings is 2. The van der Waals surface area contributed by atoms with Gasteiger partial charge in [-0.2, -0.15) is 0 Å². The highest BCUT2D eigenvalue weighted by Crippen LogP contribution is 2.31. The topological polar surface area (TPSA) is 30.2 Å². The first-order valence-corrected chi connectivity index (χ1v) is 7.99. The highest BCUT2D eigenvalue weighted by Gasteiger charge is 2.22. The highest BCUT2D eigenvalue weighted by molar-refractivity contribution is 5.91. The van der Waals surface area contributed by atoms with Gasteiger partial charge in [-0.15, -0.1) is 0 Å². The minimum atomic E-state index is -0.283. The van der Waals surface area contributed by atoms with Crippen LogP contribution in [0.25, 0.3) is 11.1 Å². The quantitative estimate of drug-likeness (QED) is 0.553. The van der Waals surface area contributed by atoms with Gasteiger partial charge in [0.2, 0.25) is 0 Å². The average molecular weight is 316 g/mol. The molecule has 1 heterocycles. The molecule has 24 heavy (non-hydrogen) atoms. The van der Waals surface area contributed by atoms with E-state index in [1.165, 1.54) is 0 Å². The van der Waals surface area contributed by atoms with Gasteiger partial charge in [0.25, 0.3) is 0 Å². The third-order valence-electron chi connectivity index (χ3n) is 4.01. The summed E-state index contributed by atoms with van der Waals surface area (Å²) in [7, 11) is 0. The minimum absolute atomic E-state index is 0.165. The zero-order chi connectivity index (χ0) is 16.9. The van der Waals surface area contributed by atoms with Crippen molar-refractivity contribution in [1.29, 1.82) is 0 Å². The number of ketones is 1. The Kier molecular flexibility index (Phi) is 4.76. The van der Waals surface area contributed by atoms with Crippen LogP contribution in [0.5, 0.6) is 0 Å². The lowest BCUT2D eigenvalue weighted by molar-refractivity contribution is -0.119. The Labute approximate surface area is 142 Å².